The van der Waals surface area contributed by atoms with Crippen molar-refractivity contribution in [3.8, 4) is 6.07 Å². The van der Waals surface area contributed by atoms with Crippen LogP contribution in [-0.4, -0.2) is 20.0 Å². The smallest absolute Gasteiger partial charge is 0.265 e. The van der Waals surface area contributed by atoms with Crippen molar-refractivity contribution in [3.63, 3.8) is 0 Å². The van der Waals surface area contributed by atoms with Gasteiger partial charge < -0.3 is 10.7 Å². The number of rotatable bonds is 2. The predicted molar refractivity (Wildman–Crippen MR) is 110 cm³/mol. The van der Waals surface area contributed by atoms with Crippen molar-refractivity contribution < 1.29 is 0 Å². The normalized spacial score (nSPS) is 12.2. The van der Waals surface area contributed by atoms with Crippen LogP contribution in [0, 0.1) is 18.3 Å². The zero-order chi connectivity index (χ0) is 19.8. The van der Waals surface area contributed by atoms with Crippen LogP contribution in [0.5, 0.6) is 0 Å². The number of imidazole rings is 1. The monoisotopic (exact) mass is 380 g/mol. The quantitative estimate of drug-likeness (QED) is 0.455. The molecule has 138 valence electrons. The van der Waals surface area contributed by atoms with Gasteiger partial charge in [0.1, 0.15) is 6.07 Å². The average Bonchev–Trinajstić information content (AvgIpc) is 2.96. The molecule has 2 aromatic heterocycles. The number of nitriles is 1. The molecule has 0 aliphatic rings. The molecule has 0 spiro atoms. The minimum Gasteiger partial charge on any atom is -0.357 e. The zero-order valence-electron chi connectivity index (χ0n) is 15.5. The lowest BCUT2D eigenvalue weighted by atomic mass is 10.1. The summed E-state index contributed by atoms with van der Waals surface area (Å²) in [6.07, 6.45) is 1.52. The van der Waals surface area contributed by atoms with Gasteiger partial charge in [-0.05, 0) is 57.6 Å². The molecule has 7 nitrogen and oxygen atoms in total. The molecule has 1 aromatic carbocycles. The van der Waals surface area contributed by atoms with E-state index in [1.54, 1.807) is 6.92 Å². The molecule has 3 aromatic rings. The highest BCUT2D eigenvalue weighted by Crippen LogP contribution is 2.17. The van der Waals surface area contributed by atoms with Crippen molar-refractivity contribution in [3.05, 3.63) is 51.0 Å². The van der Waals surface area contributed by atoms with Gasteiger partial charge in [0.05, 0.1) is 21.8 Å². The van der Waals surface area contributed by atoms with Gasteiger partial charge in [-0.1, -0.05) is 12.1 Å². The Labute approximate surface area is 161 Å². The molecular weight excluding hydrogens is 360 g/mol. The Morgan fingerprint density at radius 3 is 2.70 bits per heavy atom. The summed E-state index contributed by atoms with van der Waals surface area (Å²) in [7, 11) is 0. The third kappa shape index (κ3) is 3.55. The van der Waals surface area contributed by atoms with Crippen LogP contribution in [-0.2, 0) is 0 Å². The first-order chi connectivity index (χ1) is 12.7. The number of hydrogen-bond donors (Lipinski definition) is 3. The maximum Gasteiger partial charge on any atom is 0.265 e. The number of nitrogens with one attached hydrogen (secondary N) is 3. The van der Waals surface area contributed by atoms with E-state index in [0.29, 0.717) is 38.1 Å². The minimum absolute atomic E-state index is 0.187. The standard InChI is InChI=1S/C19H20N6OS/c1-11-12(9-20)16-22-14-7-5-6-8-15(14)25(16)17(26)13(11)10-21-24-18(27)23-19(2,3)4/h5-8,10,21H,1-4H3,(H2,23,24,27). The summed E-state index contributed by atoms with van der Waals surface area (Å²) in [5, 5.41) is 13.5. The summed E-state index contributed by atoms with van der Waals surface area (Å²) >= 11 is 5.21. The van der Waals surface area contributed by atoms with Crippen LogP contribution >= 0.6 is 12.2 Å². The van der Waals surface area contributed by atoms with Crippen LogP contribution < -0.4 is 26.9 Å². The number of nitrogens with zero attached hydrogens (tertiary/aromatic N) is 3. The summed E-state index contributed by atoms with van der Waals surface area (Å²) in [6.45, 7) is 7.70. The SMILES string of the molecule is Cc1c(C#N)c2nc3ccccc3n2c(=O)c1=CNNC(=S)NC(C)(C)C. The fourth-order valence-electron chi connectivity index (χ4n) is 2.83. The number of aromatic nitrogens is 2. The Balaban J connectivity index is 2.11. The van der Waals surface area contributed by atoms with Crippen LogP contribution in [0.4, 0.5) is 0 Å². The number of fused-ring (bicyclic) bond motifs is 3. The van der Waals surface area contributed by atoms with Gasteiger partial charge in [0, 0.05) is 11.7 Å². The zero-order valence-corrected chi connectivity index (χ0v) is 16.4. The highest BCUT2D eigenvalue weighted by atomic mass is 32.1. The van der Waals surface area contributed by atoms with E-state index in [2.05, 4.69) is 27.2 Å². The number of thiocarbonyl (C=S) groups is 1. The summed E-state index contributed by atoms with van der Waals surface area (Å²) < 4.78 is 1.47. The molecule has 27 heavy (non-hydrogen) atoms. The molecule has 0 radical (unpaired) electrons. The number of hydrogen-bond acceptors (Lipinski definition) is 5. The van der Waals surface area contributed by atoms with Gasteiger partial charge in [-0.2, -0.15) is 5.26 Å². The van der Waals surface area contributed by atoms with Gasteiger partial charge >= 0.3 is 0 Å². The Kier molecular flexibility index (Phi) is 4.72. The molecular formula is C19H20N6OS. The number of benzene rings is 1. The Hall–Kier alpha value is -3.18. The molecule has 0 amide bonds. The van der Waals surface area contributed by atoms with E-state index in [1.165, 1.54) is 10.6 Å². The Morgan fingerprint density at radius 1 is 1.33 bits per heavy atom. The van der Waals surface area contributed by atoms with E-state index >= 15 is 0 Å². The first-order valence-corrected chi connectivity index (χ1v) is 8.81. The fourth-order valence-corrected chi connectivity index (χ4v) is 3.20. The van der Waals surface area contributed by atoms with E-state index in [-0.39, 0.29) is 11.1 Å². The maximum atomic E-state index is 13.1. The van der Waals surface area contributed by atoms with Gasteiger partial charge in [0.2, 0.25) is 0 Å². The average molecular weight is 380 g/mol. The molecule has 8 heteroatoms. The van der Waals surface area contributed by atoms with E-state index in [1.807, 2.05) is 45.0 Å². The second-order valence-corrected chi connectivity index (χ2v) is 7.62. The lowest BCUT2D eigenvalue weighted by Crippen LogP contribution is -2.50. The largest absolute Gasteiger partial charge is 0.357 e. The molecule has 0 saturated heterocycles. The first kappa shape index (κ1) is 18.6. The van der Waals surface area contributed by atoms with Gasteiger partial charge in [0.15, 0.2) is 10.8 Å². The van der Waals surface area contributed by atoms with Gasteiger partial charge in [-0.3, -0.25) is 14.6 Å². The van der Waals surface area contributed by atoms with Crippen molar-refractivity contribution in [2.45, 2.75) is 33.2 Å². The van der Waals surface area contributed by atoms with Crippen LogP contribution in [0.3, 0.4) is 0 Å². The molecule has 2 heterocycles. The molecule has 3 N–H and O–H groups in total. The van der Waals surface area contributed by atoms with Crippen LogP contribution in [0.15, 0.2) is 29.1 Å². The number of pyridine rings is 1. The summed E-state index contributed by atoms with van der Waals surface area (Å²) in [6, 6.07) is 9.48. The molecule has 0 unspecified atom stereocenters. The maximum absolute atomic E-state index is 13.1. The fraction of sp³-hybridized carbons (Fsp3) is 0.263. The number of para-hydroxylation sites is 2. The van der Waals surface area contributed by atoms with E-state index in [9.17, 15) is 10.1 Å². The Bertz CT molecular complexity index is 1200. The molecule has 0 fully saturated rings. The van der Waals surface area contributed by atoms with Gasteiger partial charge in [-0.25, -0.2) is 4.98 Å². The van der Waals surface area contributed by atoms with Gasteiger partial charge in [-0.15, -0.1) is 0 Å². The highest BCUT2D eigenvalue weighted by Gasteiger charge is 2.16. The first-order valence-electron chi connectivity index (χ1n) is 8.40. The Morgan fingerprint density at radius 2 is 2.04 bits per heavy atom. The van der Waals surface area contributed by atoms with E-state index in [4.69, 9.17) is 12.2 Å². The van der Waals surface area contributed by atoms with Crippen molar-refractivity contribution in [1.82, 2.24) is 25.6 Å². The van der Waals surface area contributed by atoms with Crippen molar-refractivity contribution in [1.29, 1.82) is 5.26 Å². The van der Waals surface area contributed by atoms with E-state index < -0.39 is 0 Å². The van der Waals surface area contributed by atoms with Gasteiger partial charge in [0.25, 0.3) is 5.56 Å². The molecule has 3 rings (SSSR count). The van der Waals surface area contributed by atoms with Crippen molar-refractivity contribution >= 4 is 40.2 Å². The highest BCUT2D eigenvalue weighted by molar-refractivity contribution is 7.80. The topological polar surface area (TPSA) is 94.2 Å². The van der Waals surface area contributed by atoms with Crippen molar-refractivity contribution in [2.24, 2.45) is 0 Å². The molecule has 0 aliphatic carbocycles. The molecule has 0 aliphatic heterocycles. The van der Waals surface area contributed by atoms with Crippen LogP contribution in [0.25, 0.3) is 22.9 Å². The lowest BCUT2D eigenvalue weighted by molar-refractivity contribution is 0.505. The third-order valence-electron chi connectivity index (χ3n) is 4.00. The minimum atomic E-state index is -0.251. The van der Waals surface area contributed by atoms with Crippen LogP contribution in [0.2, 0.25) is 0 Å². The summed E-state index contributed by atoms with van der Waals surface area (Å²) in [5.74, 6) is 0. The molecule has 0 atom stereocenters. The molecule has 0 bridgehead atoms. The summed E-state index contributed by atoms with van der Waals surface area (Å²) in [5.41, 5.74) is 7.87. The number of hydrazine groups is 1. The predicted octanol–water partition coefficient (Wildman–Crippen LogP) is 1.25. The second kappa shape index (κ2) is 6.85. The summed E-state index contributed by atoms with van der Waals surface area (Å²) in [4.78, 5) is 17.5. The second-order valence-electron chi connectivity index (χ2n) is 7.21. The van der Waals surface area contributed by atoms with Crippen molar-refractivity contribution in [2.75, 3.05) is 0 Å². The molecule has 0 saturated carbocycles. The van der Waals surface area contributed by atoms with Crippen LogP contribution in [0.1, 0.15) is 31.9 Å². The third-order valence-corrected chi connectivity index (χ3v) is 4.20. The van der Waals surface area contributed by atoms with E-state index in [0.717, 1.165) is 0 Å². The lowest BCUT2D eigenvalue weighted by Gasteiger charge is -2.22.